The molecule has 6 heteroatoms. The van der Waals surface area contributed by atoms with E-state index in [1.165, 1.54) is 19.3 Å². The number of nitrogens with one attached hydrogen (secondary N) is 1. The molecule has 1 amide bonds. The first-order chi connectivity index (χ1) is 10.4. The molecule has 1 aromatic rings. The summed E-state index contributed by atoms with van der Waals surface area (Å²) in [6.07, 6.45) is 5.84. The average molecular weight is 322 g/mol. The summed E-state index contributed by atoms with van der Waals surface area (Å²) in [6.45, 7) is -0.156. The van der Waals surface area contributed by atoms with Crippen LogP contribution in [0.5, 0.6) is 0 Å². The van der Waals surface area contributed by atoms with E-state index in [0.717, 1.165) is 22.9 Å². The maximum atomic E-state index is 12.3. The second kappa shape index (κ2) is 5.91. The first kappa shape index (κ1) is 15.3. The molecule has 5 nitrogen and oxygen atoms in total. The number of para-hydroxylation sites is 1. The van der Waals surface area contributed by atoms with Gasteiger partial charge in [0.2, 0.25) is 15.9 Å². The molecular formula is C16H22N2O3S. The van der Waals surface area contributed by atoms with Gasteiger partial charge in [-0.05, 0) is 43.2 Å². The van der Waals surface area contributed by atoms with Crippen molar-refractivity contribution in [2.45, 2.75) is 31.7 Å². The van der Waals surface area contributed by atoms with Crippen molar-refractivity contribution in [1.29, 1.82) is 0 Å². The molecule has 0 spiro atoms. The minimum atomic E-state index is -3.48. The highest BCUT2D eigenvalue weighted by Crippen LogP contribution is 2.44. The molecule has 0 radical (unpaired) electrons. The molecule has 0 unspecified atom stereocenters. The number of hydrogen-bond acceptors (Lipinski definition) is 3. The Bertz CT molecular complexity index is 645. The lowest BCUT2D eigenvalue weighted by Gasteiger charge is -2.26. The zero-order valence-corrected chi connectivity index (χ0v) is 13.6. The number of sulfonamides is 1. The Kier molecular flexibility index (Phi) is 4.12. The van der Waals surface area contributed by atoms with Crippen molar-refractivity contribution < 1.29 is 13.2 Å². The molecule has 2 fully saturated rings. The highest BCUT2D eigenvalue weighted by molar-refractivity contribution is 7.92. The van der Waals surface area contributed by atoms with E-state index in [-0.39, 0.29) is 18.5 Å². The molecule has 3 rings (SSSR count). The highest BCUT2D eigenvalue weighted by Gasteiger charge is 2.40. The van der Waals surface area contributed by atoms with Crippen LogP contribution >= 0.6 is 0 Å². The number of carbonyl (C=O) groups excluding carboxylic acids is 1. The van der Waals surface area contributed by atoms with Crippen molar-refractivity contribution in [3.05, 3.63) is 30.3 Å². The van der Waals surface area contributed by atoms with Crippen LogP contribution in [0.2, 0.25) is 0 Å². The summed E-state index contributed by atoms with van der Waals surface area (Å²) in [5, 5.41) is 3.04. The summed E-state index contributed by atoms with van der Waals surface area (Å²) in [7, 11) is -3.48. The molecule has 2 bridgehead atoms. The van der Waals surface area contributed by atoms with E-state index in [1.807, 2.05) is 6.07 Å². The maximum Gasteiger partial charge on any atom is 0.241 e. The topological polar surface area (TPSA) is 66.5 Å². The van der Waals surface area contributed by atoms with Crippen LogP contribution in [0.25, 0.3) is 0 Å². The molecule has 0 heterocycles. The van der Waals surface area contributed by atoms with Gasteiger partial charge in [0, 0.05) is 6.04 Å². The van der Waals surface area contributed by atoms with Crippen LogP contribution in [-0.4, -0.2) is 33.2 Å². The lowest BCUT2D eigenvalue weighted by Crippen LogP contribution is -2.45. The van der Waals surface area contributed by atoms with Gasteiger partial charge in [0.15, 0.2) is 0 Å². The van der Waals surface area contributed by atoms with Gasteiger partial charge in [0.05, 0.1) is 11.9 Å². The first-order valence-corrected chi connectivity index (χ1v) is 9.60. The Morgan fingerprint density at radius 1 is 1.23 bits per heavy atom. The predicted octanol–water partition coefficient (Wildman–Crippen LogP) is 1.76. The van der Waals surface area contributed by atoms with Crippen LogP contribution in [0.3, 0.4) is 0 Å². The number of hydrogen-bond donors (Lipinski definition) is 1. The van der Waals surface area contributed by atoms with Crippen LogP contribution in [0.15, 0.2) is 30.3 Å². The average Bonchev–Trinajstić information content (AvgIpc) is 3.07. The number of rotatable bonds is 5. The number of anilines is 1. The number of fused-ring (bicyclic) bond motifs is 2. The molecule has 3 atom stereocenters. The molecule has 22 heavy (non-hydrogen) atoms. The molecule has 120 valence electrons. The number of nitrogens with zero attached hydrogens (tertiary/aromatic N) is 1. The summed E-state index contributed by atoms with van der Waals surface area (Å²) >= 11 is 0. The summed E-state index contributed by atoms with van der Waals surface area (Å²) < 4.78 is 25.1. The molecule has 1 aromatic carbocycles. The van der Waals surface area contributed by atoms with E-state index in [2.05, 4.69) is 5.32 Å². The second-order valence-corrected chi connectivity index (χ2v) is 8.36. The molecule has 1 N–H and O–H groups in total. The molecule has 2 saturated carbocycles. The zero-order chi connectivity index (χ0) is 15.7. The Balaban J connectivity index is 1.67. The maximum absolute atomic E-state index is 12.3. The molecule has 0 saturated heterocycles. The molecule has 0 aromatic heterocycles. The fraction of sp³-hybridized carbons (Fsp3) is 0.562. The molecule has 2 aliphatic rings. The van der Waals surface area contributed by atoms with Gasteiger partial charge in [-0.2, -0.15) is 0 Å². The van der Waals surface area contributed by atoms with Gasteiger partial charge in [-0.15, -0.1) is 0 Å². The van der Waals surface area contributed by atoms with Gasteiger partial charge in [-0.3, -0.25) is 9.10 Å². The van der Waals surface area contributed by atoms with Gasteiger partial charge >= 0.3 is 0 Å². The van der Waals surface area contributed by atoms with Crippen molar-refractivity contribution in [2.75, 3.05) is 17.1 Å². The standard InChI is InChI=1S/C16H22N2O3S/c1-22(20,21)18(14-5-3-2-4-6-14)11-16(19)17-15-10-12-7-8-13(15)9-12/h2-6,12-13,15H,7-11H2,1H3,(H,17,19)/t12-,13-,15-/m1/s1. The monoisotopic (exact) mass is 322 g/mol. The van der Waals surface area contributed by atoms with Crippen molar-refractivity contribution in [3.63, 3.8) is 0 Å². The van der Waals surface area contributed by atoms with Crippen molar-refractivity contribution in [1.82, 2.24) is 5.32 Å². The van der Waals surface area contributed by atoms with Crippen molar-refractivity contribution >= 4 is 21.6 Å². The quantitative estimate of drug-likeness (QED) is 0.898. The molecule has 2 aliphatic carbocycles. The van der Waals surface area contributed by atoms with Gasteiger partial charge < -0.3 is 5.32 Å². The Labute approximate surface area is 131 Å². The smallest absolute Gasteiger partial charge is 0.241 e. The Morgan fingerprint density at radius 2 is 1.95 bits per heavy atom. The molecular weight excluding hydrogens is 300 g/mol. The minimum Gasteiger partial charge on any atom is -0.352 e. The lowest BCUT2D eigenvalue weighted by molar-refractivity contribution is -0.120. The van der Waals surface area contributed by atoms with Crippen LogP contribution in [0, 0.1) is 11.8 Å². The largest absolute Gasteiger partial charge is 0.352 e. The summed E-state index contributed by atoms with van der Waals surface area (Å²) in [5.74, 6) is 1.11. The van der Waals surface area contributed by atoms with E-state index in [4.69, 9.17) is 0 Å². The van der Waals surface area contributed by atoms with E-state index in [9.17, 15) is 13.2 Å². The predicted molar refractivity (Wildman–Crippen MR) is 86.0 cm³/mol. The third-order valence-corrected chi connectivity index (χ3v) is 5.96. The summed E-state index contributed by atoms with van der Waals surface area (Å²) in [6, 6.07) is 8.98. The Hall–Kier alpha value is -1.56. The lowest BCUT2D eigenvalue weighted by atomic mass is 9.95. The van der Waals surface area contributed by atoms with Crippen molar-refractivity contribution in [2.24, 2.45) is 11.8 Å². The zero-order valence-electron chi connectivity index (χ0n) is 12.7. The number of carbonyl (C=O) groups is 1. The Morgan fingerprint density at radius 3 is 2.50 bits per heavy atom. The third-order valence-electron chi connectivity index (χ3n) is 4.82. The van der Waals surface area contributed by atoms with Gasteiger partial charge in [0.1, 0.15) is 6.54 Å². The second-order valence-electron chi connectivity index (χ2n) is 6.45. The molecule has 0 aliphatic heterocycles. The van der Waals surface area contributed by atoms with Crippen molar-refractivity contribution in [3.8, 4) is 0 Å². The summed E-state index contributed by atoms with van der Waals surface area (Å²) in [5.41, 5.74) is 0.521. The number of benzene rings is 1. The highest BCUT2D eigenvalue weighted by atomic mass is 32.2. The fourth-order valence-corrected chi connectivity index (χ4v) is 4.66. The summed E-state index contributed by atoms with van der Waals surface area (Å²) in [4.78, 5) is 12.3. The van der Waals surface area contributed by atoms with E-state index < -0.39 is 10.0 Å². The van der Waals surface area contributed by atoms with Crippen LogP contribution in [0.1, 0.15) is 25.7 Å². The number of amides is 1. The minimum absolute atomic E-state index is 0.156. The van der Waals surface area contributed by atoms with Gasteiger partial charge in [0.25, 0.3) is 0 Å². The SMILES string of the molecule is CS(=O)(=O)N(CC(=O)N[C@@H]1C[C@@H]2CC[C@@H]1C2)c1ccccc1. The van der Waals surface area contributed by atoms with E-state index in [1.54, 1.807) is 24.3 Å². The van der Waals surface area contributed by atoms with Gasteiger partial charge in [-0.25, -0.2) is 8.42 Å². The van der Waals surface area contributed by atoms with Gasteiger partial charge in [-0.1, -0.05) is 24.6 Å². The van der Waals surface area contributed by atoms with Crippen LogP contribution < -0.4 is 9.62 Å². The normalized spacial score (nSPS) is 26.9. The fourth-order valence-electron chi connectivity index (χ4n) is 3.80. The first-order valence-electron chi connectivity index (χ1n) is 7.75. The van der Waals surface area contributed by atoms with E-state index in [0.29, 0.717) is 11.6 Å². The van der Waals surface area contributed by atoms with Crippen LogP contribution in [-0.2, 0) is 14.8 Å². The van der Waals surface area contributed by atoms with E-state index >= 15 is 0 Å². The third kappa shape index (κ3) is 3.27. The van der Waals surface area contributed by atoms with Crippen LogP contribution in [0.4, 0.5) is 5.69 Å².